The Morgan fingerprint density at radius 2 is 2.06 bits per heavy atom. The highest BCUT2D eigenvalue weighted by atomic mass is 35.5. The summed E-state index contributed by atoms with van der Waals surface area (Å²) < 4.78 is 25.6. The summed E-state index contributed by atoms with van der Waals surface area (Å²) in [6, 6.07) is 4.52. The van der Waals surface area contributed by atoms with E-state index in [0.717, 1.165) is 12.8 Å². The monoisotopic (exact) mass is 260 g/mol. The van der Waals surface area contributed by atoms with E-state index >= 15 is 0 Å². The van der Waals surface area contributed by atoms with E-state index in [1.165, 1.54) is 22.5 Å². The summed E-state index contributed by atoms with van der Waals surface area (Å²) in [7, 11) is -1.83. The minimum absolute atomic E-state index is 0.141. The second-order valence-electron chi connectivity index (χ2n) is 3.94. The zero-order valence-corrected chi connectivity index (χ0v) is 10.4. The molecule has 0 aromatic heterocycles. The van der Waals surface area contributed by atoms with Crippen LogP contribution in [0.2, 0.25) is 5.02 Å². The average Bonchev–Trinajstić information content (AvgIpc) is 3.04. The molecule has 88 valence electrons. The Labute approximate surface area is 100 Å². The van der Waals surface area contributed by atoms with Crippen LogP contribution in [0.1, 0.15) is 12.8 Å². The van der Waals surface area contributed by atoms with E-state index in [1.54, 1.807) is 7.05 Å². The molecule has 6 heteroatoms. The molecule has 0 bridgehead atoms. The standard InChI is InChI=1S/C10H13ClN2O2S/c1-13(7-2-3-7)16(14,15)8-4-5-9(11)10(12)6-8/h4-7H,2-3,12H2,1H3. The van der Waals surface area contributed by atoms with E-state index in [1.807, 2.05) is 0 Å². The Morgan fingerprint density at radius 1 is 1.44 bits per heavy atom. The Balaban J connectivity index is 2.38. The van der Waals surface area contributed by atoms with Gasteiger partial charge < -0.3 is 5.73 Å². The highest BCUT2D eigenvalue weighted by Crippen LogP contribution is 2.31. The lowest BCUT2D eigenvalue weighted by Crippen LogP contribution is -2.28. The molecule has 0 aliphatic heterocycles. The average molecular weight is 261 g/mol. The molecule has 0 spiro atoms. The van der Waals surface area contributed by atoms with Crippen molar-refractivity contribution in [2.24, 2.45) is 0 Å². The van der Waals surface area contributed by atoms with Gasteiger partial charge in [-0.2, -0.15) is 4.31 Å². The lowest BCUT2D eigenvalue weighted by atomic mass is 10.3. The first-order chi connectivity index (χ1) is 7.43. The van der Waals surface area contributed by atoms with E-state index in [9.17, 15) is 8.42 Å². The van der Waals surface area contributed by atoms with Crippen LogP contribution < -0.4 is 5.73 Å². The zero-order valence-electron chi connectivity index (χ0n) is 8.85. The van der Waals surface area contributed by atoms with Gasteiger partial charge in [0.05, 0.1) is 15.6 Å². The molecule has 1 fully saturated rings. The maximum absolute atomic E-state index is 12.1. The number of rotatable bonds is 3. The minimum Gasteiger partial charge on any atom is -0.397 e. The second-order valence-corrected chi connectivity index (χ2v) is 6.34. The molecule has 0 atom stereocenters. The van der Waals surface area contributed by atoms with Gasteiger partial charge in [0.2, 0.25) is 10.0 Å². The summed E-state index contributed by atoms with van der Waals surface area (Å²) in [5, 5.41) is 0.369. The maximum atomic E-state index is 12.1. The van der Waals surface area contributed by atoms with Crippen LogP contribution in [0.4, 0.5) is 5.69 Å². The van der Waals surface area contributed by atoms with E-state index in [2.05, 4.69) is 0 Å². The van der Waals surface area contributed by atoms with Gasteiger partial charge in [0.15, 0.2) is 0 Å². The lowest BCUT2D eigenvalue weighted by Gasteiger charge is -2.16. The molecule has 1 saturated carbocycles. The van der Waals surface area contributed by atoms with E-state index in [-0.39, 0.29) is 16.6 Å². The Bertz CT molecular complexity index is 512. The number of benzene rings is 1. The highest BCUT2D eigenvalue weighted by molar-refractivity contribution is 7.89. The topological polar surface area (TPSA) is 63.4 Å². The van der Waals surface area contributed by atoms with Gasteiger partial charge >= 0.3 is 0 Å². The lowest BCUT2D eigenvalue weighted by molar-refractivity contribution is 0.464. The van der Waals surface area contributed by atoms with E-state index < -0.39 is 10.0 Å². The highest BCUT2D eigenvalue weighted by Gasteiger charge is 2.35. The van der Waals surface area contributed by atoms with Gasteiger partial charge in [-0.05, 0) is 31.0 Å². The van der Waals surface area contributed by atoms with Crippen LogP contribution in [0.5, 0.6) is 0 Å². The van der Waals surface area contributed by atoms with Crippen molar-refractivity contribution in [1.82, 2.24) is 4.31 Å². The molecule has 0 heterocycles. The number of sulfonamides is 1. The van der Waals surface area contributed by atoms with E-state index in [0.29, 0.717) is 5.02 Å². The number of hydrogen-bond donors (Lipinski definition) is 1. The van der Waals surface area contributed by atoms with Crippen molar-refractivity contribution in [3.63, 3.8) is 0 Å². The van der Waals surface area contributed by atoms with Crippen molar-refractivity contribution in [3.05, 3.63) is 23.2 Å². The first-order valence-electron chi connectivity index (χ1n) is 4.96. The molecule has 1 aromatic carbocycles. The summed E-state index contributed by atoms with van der Waals surface area (Å²) in [5.74, 6) is 0. The van der Waals surface area contributed by atoms with Gasteiger partial charge in [0, 0.05) is 13.1 Å². The van der Waals surface area contributed by atoms with Crippen LogP contribution in [-0.2, 0) is 10.0 Å². The van der Waals surface area contributed by atoms with Crippen LogP contribution >= 0.6 is 11.6 Å². The number of nitrogens with two attached hydrogens (primary N) is 1. The number of halogens is 1. The number of nitrogens with zero attached hydrogens (tertiary/aromatic N) is 1. The number of nitrogen functional groups attached to an aromatic ring is 1. The third-order valence-corrected chi connectivity index (χ3v) is 4.96. The maximum Gasteiger partial charge on any atom is 0.243 e. The van der Waals surface area contributed by atoms with Gasteiger partial charge in [0.25, 0.3) is 0 Å². The van der Waals surface area contributed by atoms with Crippen molar-refractivity contribution in [2.75, 3.05) is 12.8 Å². The molecule has 0 radical (unpaired) electrons. The Hall–Kier alpha value is -0.780. The van der Waals surface area contributed by atoms with Gasteiger partial charge in [-0.3, -0.25) is 0 Å². The molecule has 4 nitrogen and oxygen atoms in total. The van der Waals surface area contributed by atoms with Crippen LogP contribution in [0.15, 0.2) is 23.1 Å². The molecular formula is C10H13ClN2O2S. The number of anilines is 1. The molecule has 16 heavy (non-hydrogen) atoms. The Kier molecular flexibility index (Phi) is 2.86. The molecule has 0 amide bonds. The minimum atomic E-state index is -3.42. The van der Waals surface area contributed by atoms with Crippen LogP contribution in [0.25, 0.3) is 0 Å². The first kappa shape index (κ1) is 11.7. The fraction of sp³-hybridized carbons (Fsp3) is 0.400. The molecular weight excluding hydrogens is 248 g/mol. The van der Waals surface area contributed by atoms with Crippen molar-refractivity contribution < 1.29 is 8.42 Å². The SMILES string of the molecule is CN(C1CC1)S(=O)(=O)c1ccc(Cl)c(N)c1. The molecule has 0 saturated heterocycles. The predicted molar refractivity (Wildman–Crippen MR) is 63.8 cm³/mol. The summed E-state index contributed by atoms with van der Waals surface area (Å²) in [5.41, 5.74) is 5.88. The fourth-order valence-electron chi connectivity index (χ4n) is 1.48. The largest absolute Gasteiger partial charge is 0.397 e. The van der Waals surface area contributed by atoms with Crippen LogP contribution in [0, 0.1) is 0 Å². The number of hydrogen-bond acceptors (Lipinski definition) is 3. The fourth-order valence-corrected chi connectivity index (χ4v) is 3.05. The molecule has 1 aliphatic rings. The third kappa shape index (κ3) is 2.03. The van der Waals surface area contributed by atoms with Gasteiger partial charge in [-0.15, -0.1) is 0 Å². The summed E-state index contributed by atoms with van der Waals surface area (Å²) in [4.78, 5) is 0.198. The van der Waals surface area contributed by atoms with Crippen molar-refractivity contribution in [1.29, 1.82) is 0 Å². The van der Waals surface area contributed by atoms with Gasteiger partial charge in [-0.1, -0.05) is 11.6 Å². The smallest absolute Gasteiger partial charge is 0.243 e. The molecule has 1 aromatic rings. The first-order valence-corrected chi connectivity index (χ1v) is 6.78. The molecule has 0 unspecified atom stereocenters. The summed E-state index contributed by atoms with van der Waals surface area (Å²) in [6.45, 7) is 0. The molecule has 2 N–H and O–H groups in total. The van der Waals surface area contributed by atoms with Crippen molar-refractivity contribution >= 4 is 27.3 Å². The quantitative estimate of drug-likeness (QED) is 0.842. The van der Waals surface area contributed by atoms with Crippen molar-refractivity contribution in [2.45, 2.75) is 23.8 Å². The Morgan fingerprint density at radius 3 is 2.56 bits per heavy atom. The third-order valence-electron chi connectivity index (χ3n) is 2.71. The normalized spacial score (nSPS) is 16.7. The predicted octanol–water partition coefficient (Wildman–Crippen LogP) is 1.71. The van der Waals surface area contributed by atoms with Crippen molar-refractivity contribution in [3.8, 4) is 0 Å². The summed E-state index contributed by atoms with van der Waals surface area (Å²) in [6.07, 6.45) is 1.86. The van der Waals surface area contributed by atoms with E-state index in [4.69, 9.17) is 17.3 Å². The molecule has 1 aliphatic carbocycles. The van der Waals surface area contributed by atoms with Gasteiger partial charge in [0.1, 0.15) is 0 Å². The second kappa shape index (κ2) is 3.91. The van der Waals surface area contributed by atoms with Gasteiger partial charge in [-0.25, -0.2) is 8.42 Å². The van der Waals surface area contributed by atoms with Crippen LogP contribution in [-0.4, -0.2) is 25.8 Å². The molecule has 2 rings (SSSR count). The van der Waals surface area contributed by atoms with Crippen LogP contribution in [0.3, 0.4) is 0 Å². The summed E-state index contributed by atoms with van der Waals surface area (Å²) >= 11 is 5.75. The zero-order chi connectivity index (χ0) is 11.9.